The number of hydrogen-bond donors (Lipinski definition) is 1. The molecule has 0 bridgehead atoms. The molecule has 0 heterocycles. The lowest BCUT2D eigenvalue weighted by molar-refractivity contribution is 0.444. The number of para-hydroxylation sites is 1. The topological polar surface area (TPSA) is 44.0 Å². The summed E-state index contributed by atoms with van der Waals surface area (Å²) in [5.41, 5.74) is 0.0439. The lowest BCUT2D eigenvalue weighted by atomic mass is 9.86. The second kappa shape index (κ2) is 3.93. The molecule has 0 aliphatic heterocycles. The predicted octanol–water partition coefficient (Wildman–Crippen LogP) is 2.92. The van der Waals surface area contributed by atoms with Gasteiger partial charge in [-0.15, -0.1) is 11.8 Å². The van der Waals surface area contributed by atoms with Gasteiger partial charge in [0, 0.05) is 10.5 Å². The van der Waals surface area contributed by atoms with Crippen LogP contribution in [0, 0.1) is 11.3 Å². The fourth-order valence-corrected chi connectivity index (χ4v) is 1.77. The minimum absolute atomic E-state index is 0.228. The molecule has 1 aromatic rings. The van der Waals surface area contributed by atoms with Gasteiger partial charge in [-0.1, -0.05) is 12.1 Å². The van der Waals surface area contributed by atoms with Crippen LogP contribution in [-0.4, -0.2) is 11.4 Å². The highest BCUT2D eigenvalue weighted by molar-refractivity contribution is 7.98. The van der Waals surface area contributed by atoms with E-state index in [0.717, 1.165) is 4.90 Å². The van der Waals surface area contributed by atoms with Gasteiger partial charge in [0.05, 0.1) is 11.5 Å². The number of hydrogen-bond acceptors (Lipinski definition) is 3. The summed E-state index contributed by atoms with van der Waals surface area (Å²) in [6.45, 7) is 3.60. The van der Waals surface area contributed by atoms with Crippen LogP contribution < -0.4 is 0 Å². The van der Waals surface area contributed by atoms with Gasteiger partial charge in [0.1, 0.15) is 5.75 Å². The summed E-state index contributed by atoms with van der Waals surface area (Å²) in [6, 6.07) is 7.68. The first kappa shape index (κ1) is 10.9. The number of benzene rings is 1. The minimum Gasteiger partial charge on any atom is -0.506 e. The van der Waals surface area contributed by atoms with Crippen molar-refractivity contribution in [3.8, 4) is 11.8 Å². The Balaban J connectivity index is 3.31. The summed E-state index contributed by atoms with van der Waals surface area (Å²) < 4.78 is 0. The van der Waals surface area contributed by atoms with Crippen molar-refractivity contribution >= 4 is 11.8 Å². The monoisotopic (exact) mass is 207 g/mol. The molecule has 0 saturated carbocycles. The largest absolute Gasteiger partial charge is 0.506 e. The molecule has 1 N–H and O–H groups in total. The van der Waals surface area contributed by atoms with Crippen LogP contribution in [0.15, 0.2) is 23.1 Å². The SMILES string of the molecule is CSc1cccc(C(C)(C)C#N)c1O. The fourth-order valence-electron chi connectivity index (χ4n) is 1.25. The van der Waals surface area contributed by atoms with Crippen LogP contribution in [0.3, 0.4) is 0 Å². The van der Waals surface area contributed by atoms with Crippen LogP contribution in [-0.2, 0) is 5.41 Å². The van der Waals surface area contributed by atoms with Gasteiger partial charge in [-0.05, 0) is 26.2 Å². The van der Waals surface area contributed by atoms with Crippen LogP contribution >= 0.6 is 11.8 Å². The van der Waals surface area contributed by atoms with E-state index in [9.17, 15) is 5.11 Å². The Morgan fingerprint density at radius 2 is 2.07 bits per heavy atom. The van der Waals surface area contributed by atoms with Crippen LogP contribution in [0.1, 0.15) is 19.4 Å². The second-order valence-electron chi connectivity index (χ2n) is 3.59. The molecule has 0 spiro atoms. The van der Waals surface area contributed by atoms with E-state index >= 15 is 0 Å². The van der Waals surface area contributed by atoms with E-state index in [1.807, 2.05) is 18.4 Å². The molecule has 0 aromatic heterocycles. The van der Waals surface area contributed by atoms with Crippen LogP contribution in [0.25, 0.3) is 0 Å². The van der Waals surface area contributed by atoms with Gasteiger partial charge in [-0.2, -0.15) is 5.26 Å². The maximum atomic E-state index is 9.88. The van der Waals surface area contributed by atoms with Gasteiger partial charge in [0.15, 0.2) is 0 Å². The highest BCUT2D eigenvalue weighted by Gasteiger charge is 2.24. The zero-order valence-electron chi connectivity index (χ0n) is 8.53. The first-order chi connectivity index (χ1) is 6.53. The third kappa shape index (κ3) is 1.85. The summed E-state index contributed by atoms with van der Waals surface area (Å²) in [6.07, 6.45) is 1.90. The maximum absolute atomic E-state index is 9.88. The van der Waals surface area contributed by atoms with Gasteiger partial charge in [0.25, 0.3) is 0 Å². The first-order valence-electron chi connectivity index (χ1n) is 4.30. The Bertz CT molecular complexity index is 379. The lowest BCUT2D eigenvalue weighted by Crippen LogP contribution is -2.14. The van der Waals surface area contributed by atoms with Crippen molar-refractivity contribution < 1.29 is 5.11 Å². The highest BCUT2D eigenvalue weighted by Crippen LogP contribution is 2.36. The summed E-state index contributed by atoms with van der Waals surface area (Å²) in [4.78, 5) is 0.811. The number of nitriles is 1. The zero-order chi connectivity index (χ0) is 10.8. The average molecular weight is 207 g/mol. The van der Waals surface area contributed by atoms with Crippen molar-refractivity contribution in [1.29, 1.82) is 5.26 Å². The molecule has 0 saturated heterocycles. The molecular formula is C11H13NOS. The Morgan fingerprint density at radius 1 is 1.43 bits per heavy atom. The van der Waals surface area contributed by atoms with Crippen molar-refractivity contribution in [3.63, 3.8) is 0 Å². The highest BCUT2D eigenvalue weighted by atomic mass is 32.2. The molecule has 0 aliphatic rings. The molecule has 0 unspecified atom stereocenters. The molecule has 74 valence electrons. The van der Waals surface area contributed by atoms with Crippen LogP contribution in [0.4, 0.5) is 0 Å². The van der Waals surface area contributed by atoms with Crippen molar-refractivity contribution in [3.05, 3.63) is 23.8 Å². The number of aromatic hydroxyl groups is 1. The number of nitrogens with zero attached hydrogens (tertiary/aromatic N) is 1. The van der Waals surface area contributed by atoms with Crippen LogP contribution in [0.2, 0.25) is 0 Å². The quantitative estimate of drug-likeness (QED) is 0.758. The fraction of sp³-hybridized carbons (Fsp3) is 0.364. The maximum Gasteiger partial charge on any atom is 0.133 e. The van der Waals surface area contributed by atoms with Crippen molar-refractivity contribution in [2.75, 3.05) is 6.26 Å². The Hall–Kier alpha value is -1.14. The van der Waals surface area contributed by atoms with Gasteiger partial charge >= 0.3 is 0 Å². The van der Waals surface area contributed by atoms with Crippen LogP contribution in [0.5, 0.6) is 5.75 Å². The molecule has 0 amide bonds. The predicted molar refractivity (Wildman–Crippen MR) is 58.5 cm³/mol. The van der Waals surface area contributed by atoms with Gasteiger partial charge in [0.2, 0.25) is 0 Å². The summed E-state index contributed by atoms with van der Waals surface area (Å²) in [5.74, 6) is 0.228. The van der Waals surface area contributed by atoms with Crippen molar-refractivity contribution in [2.45, 2.75) is 24.2 Å². The molecule has 0 fully saturated rings. The van der Waals surface area contributed by atoms with Crippen molar-refractivity contribution in [2.24, 2.45) is 0 Å². The third-order valence-corrected chi connectivity index (χ3v) is 2.94. The van der Waals surface area contributed by atoms with Gasteiger partial charge in [-0.3, -0.25) is 0 Å². The number of thioether (sulfide) groups is 1. The summed E-state index contributed by atoms with van der Waals surface area (Å²) in [7, 11) is 0. The normalized spacial score (nSPS) is 11.0. The first-order valence-corrected chi connectivity index (χ1v) is 5.53. The summed E-state index contributed by atoms with van der Waals surface area (Å²) >= 11 is 1.48. The van der Waals surface area contributed by atoms with E-state index in [1.165, 1.54) is 11.8 Å². The molecule has 2 nitrogen and oxygen atoms in total. The Labute approximate surface area is 88.6 Å². The Kier molecular flexibility index (Phi) is 3.07. The zero-order valence-corrected chi connectivity index (χ0v) is 9.35. The van der Waals surface area contributed by atoms with Crippen molar-refractivity contribution in [1.82, 2.24) is 0 Å². The average Bonchev–Trinajstić information content (AvgIpc) is 2.18. The molecule has 0 aliphatic carbocycles. The molecule has 1 rings (SSSR count). The number of phenols is 1. The van der Waals surface area contributed by atoms with E-state index in [2.05, 4.69) is 6.07 Å². The molecule has 1 aromatic carbocycles. The van der Waals surface area contributed by atoms with Gasteiger partial charge < -0.3 is 5.11 Å². The smallest absolute Gasteiger partial charge is 0.133 e. The standard InChI is InChI=1S/C11H13NOS/c1-11(2,7-12)8-5-4-6-9(14-3)10(8)13/h4-6,13H,1-3H3. The molecule has 0 radical (unpaired) electrons. The second-order valence-corrected chi connectivity index (χ2v) is 4.44. The molecule has 3 heteroatoms. The van der Waals surface area contributed by atoms with E-state index < -0.39 is 5.41 Å². The Morgan fingerprint density at radius 3 is 2.57 bits per heavy atom. The molecular weight excluding hydrogens is 194 g/mol. The minimum atomic E-state index is -0.643. The van der Waals surface area contributed by atoms with E-state index in [4.69, 9.17) is 5.26 Å². The lowest BCUT2D eigenvalue weighted by Gasteiger charge is -2.18. The van der Waals surface area contributed by atoms with Gasteiger partial charge in [-0.25, -0.2) is 0 Å². The molecule has 14 heavy (non-hydrogen) atoms. The summed E-state index contributed by atoms with van der Waals surface area (Å²) in [5, 5.41) is 18.9. The number of phenolic OH excluding ortho intramolecular Hbond substituents is 1. The van der Waals surface area contributed by atoms with E-state index in [-0.39, 0.29) is 5.75 Å². The van der Waals surface area contributed by atoms with E-state index in [1.54, 1.807) is 19.9 Å². The molecule has 0 atom stereocenters. The number of rotatable bonds is 2. The third-order valence-electron chi connectivity index (χ3n) is 2.17. The van der Waals surface area contributed by atoms with E-state index in [0.29, 0.717) is 5.56 Å².